The Morgan fingerprint density at radius 1 is 0.269 bits per heavy atom. The van der Waals surface area contributed by atoms with Crippen LogP contribution in [0.4, 0.5) is 0 Å². The zero-order valence-electron chi connectivity index (χ0n) is 43.7. The average molecular weight is 1420 g/mol. The van der Waals surface area contributed by atoms with Crippen LogP contribution in [0, 0.1) is 77.2 Å². The SMILES string of the molecule is COc1ccc(C(=O)[O-])cc1.COc1ccc(C(=O)[O-])cc1.COc1ccc(C(=O)[O-])cc1.COc1ccc(C(=O)[O-])cc1.COc1ccc(C(=O)[O-])cc1.COc1ccc(C(=O)[O-])cc1.CS(C)=O.CS(C)=O.[OH3+].[OH3+].[Tb+3].[Tb+3]. The smallest absolute Gasteiger partial charge is 0.545 e. The number of methoxy groups -OCH3 is 6. The third-order valence-electron chi connectivity index (χ3n) is 7.95. The van der Waals surface area contributed by atoms with Crippen molar-refractivity contribution in [3.8, 4) is 34.5 Å². The van der Waals surface area contributed by atoms with E-state index in [1.54, 1.807) is 97.8 Å². The summed E-state index contributed by atoms with van der Waals surface area (Å²) < 4.78 is 48.1. The molecule has 26 heteroatoms. The van der Waals surface area contributed by atoms with Gasteiger partial charge in [-0.1, -0.05) is 0 Å². The minimum absolute atomic E-state index is 0. The first kappa shape index (κ1) is 83.1. The number of carboxylic acids is 6. The molecule has 0 saturated carbocycles. The van der Waals surface area contributed by atoms with Crippen LogP contribution in [0.2, 0.25) is 0 Å². The fourth-order valence-electron chi connectivity index (χ4n) is 4.36. The molecular weight excluding hydrogens is 1360 g/mol. The number of carbonyl (C=O) groups is 6. The molecule has 0 saturated heterocycles. The molecule has 0 radical (unpaired) electrons. The van der Waals surface area contributed by atoms with Crippen molar-refractivity contribution < 1.29 is 184 Å². The number of aromatic carboxylic acids is 6. The van der Waals surface area contributed by atoms with Crippen molar-refractivity contribution >= 4 is 57.4 Å². The number of rotatable bonds is 12. The van der Waals surface area contributed by atoms with Gasteiger partial charge >= 0.3 is 77.2 Å². The maximum Gasteiger partial charge on any atom is 3.00 e. The molecule has 0 aliphatic heterocycles. The van der Waals surface area contributed by atoms with Crippen LogP contribution in [-0.2, 0) is 32.6 Å². The molecular formula is C52H60O22S2Tb2+2. The molecule has 0 amide bonds. The second-order valence-corrected chi connectivity index (χ2v) is 16.5. The van der Waals surface area contributed by atoms with Crippen LogP contribution >= 0.6 is 0 Å². The van der Waals surface area contributed by atoms with E-state index in [-0.39, 0.29) is 122 Å². The Morgan fingerprint density at radius 3 is 0.397 bits per heavy atom. The Labute approximate surface area is 518 Å². The van der Waals surface area contributed by atoms with E-state index in [1.165, 1.54) is 115 Å². The minimum atomic E-state index is -1.17. The fraction of sp³-hybridized carbons (Fsp3) is 0.192. The largest absolute Gasteiger partial charge is 3.00 e. The number of ether oxygens (including phenoxy) is 6. The summed E-state index contributed by atoms with van der Waals surface area (Å²) in [5.41, 5.74) is 0.949. The van der Waals surface area contributed by atoms with E-state index in [0.717, 1.165) is 0 Å². The number of benzene rings is 6. The third kappa shape index (κ3) is 40.9. The molecule has 0 heterocycles. The van der Waals surface area contributed by atoms with Gasteiger partial charge in [-0.3, -0.25) is 8.42 Å². The van der Waals surface area contributed by atoms with Gasteiger partial charge in [-0.05, 0) is 179 Å². The topological polar surface area (TPSA) is 396 Å². The van der Waals surface area contributed by atoms with Crippen LogP contribution in [0.3, 0.4) is 0 Å². The van der Waals surface area contributed by atoms with Gasteiger partial charge in [0.2, 0.25) is 0 Å². The Kier molecular flexibility index (Phi) is 52.2. The van der Waals surface area contributed by atoms with Crippen molar-refractivity contribution in [2.24, 2.45) is 0 Å². The first-order chi connectivity index (χ1) is 34.9. The monoisotopic (exact) mass is 1420 g/mol. The van der Waals surface area contributed by atoms with Gasteiger partial charge < -0.3 is 98.8 Å². The first-order valence-electron chi connectivity index (χ1n) is 20.5. The van der Waals surface area contributed by atoms with Gasteiger partial charge in [-0.2, -0.15) is 0 Å². The zero-order valence-corrected chi connectivity index (χ0v) is 49.6. The van der Waals surface area contributed by atoms with Crippen LogP contribution in [0.15, 0.2) is 146 Å². The predicted octanol–water partition coefficient (Wildman–Crippen LogP) is -1.50. The number of hydrogen-bond acceptors (Lipinski definition) is 20. The van der Waals surface area contributed by atoms with E-state index in [1.807, 2.05) is 0 Å². The van der Waals surface area contributed by atoms with E-state index in [0.29, 0.717) is 34.5 Å². The van der Waals surface area contributed by atoms with Gasteiger partial charge in [0.15, 0.2) is 0 Å². The summed E-state index contributed by atoms with van der Waals surface area (Å²) in [5.74, 6) is -3.24. The minimum Gasteiger partial charge on any atom is -0.545 e. The summed E-state index contributed by atoms with van der Waals surface area (Å²) in [7, 11) is 7.91. The van der Waals surface area contributed by atoms with Crippen molar-refractivity contribution in [3.63, 3.8) is 0 Å². The van der Waals surface area contributed by atoms with Crippen molar-refractivity contribution in [3.05, 3.63) is 179 Å². The summed E-state index contributed by atoms with van der Waals surface area (Å²) in [6.45, 7) is 0. The molecule has 6 rings (SSSR count). The Morgan fingerprint density at radius 2 is 0.346 bits per heavy atom. The summed E-state index contributed by atoms with van der Waals surface area (Å²) in [5, 5.41) is 61.5. The van der Waals surface area contributed by atoms with E-state index >= 15 is 0 Å². The van der Waals surface area contributed by atoms with Crippen LogP contribution in [-0.4, -0.2) is 112 Å². The summed E-state index contributed by atoms with van der Waals surface area (Å²) in [6, 6.07) is 36.2. The molecule has 6 N–H and O–H groups in total. The molecule has 0 atom stereocenters. The standard InChI is InChI=1S/6C8H8O3.2C2H6OS.2H2O.2Tb/c6*1-11-7-4-2-6(3-5-7)8(9)10;2*1-4(2)3;;;;/h6*2-5H,1H3,(H,9,10);2*1-2H3;2*1H2;;/q;;;;;;;;;;2*+3/p-4. The number of carbonyl (C=O) groups excluding carboxylic acids is 6. The molecule has 0 aliphatic carbocycles. The molecule has 428 valence electrons. The van der Waals surface area contributed by atoms with Crippen molar-refractivity contribution in [2.75, 3.05) is 67.7 Å². The molecule has 0 fully saturated rings. The van der Waals surface area contributed by atoms with Gasteiger partial charge in [-0.15, -0.1) is 0 Å². The molecule has 78 heavy (non-hydrogen) atoms. The zero-order chi connectivity index (χ0) is 56.8. The van der Waals surface area contributed by atoms with Gasteiger partial charge in [-0.25, -0.2) is 0 Å². The van der Waals surface area contributed by atoms with Crippen LogP contribution in [0.1, 0.15) is 62.1 Å². The molecule has 0 aliphatic rings. The third-order valence-corrected chi connectivity index (χ3v) is 7.95. The fourth-order valence-corrected chi connectivity index (χ4v) is 4.36. The normalized spacial score (nSPS) is 8.67. The molecule has 0 unspecified atom stereocenters. The van der Waals surface area contributed by atoms with E-state index in [2.05, 4.69) is 0 Å². The quantitative estimate of drug-likeness (QED) is 0.126. The average Bonchev–Trinajstić information content (AvgIpc) is 3.39. The second kappa shape index (κ2) is 49.1. The molecule has 0 bridgehead atoms. The van der Waals surface area contributed by atoms with Crippen LogP contribution in [0.25, 0.3) is 0 Å². The van der Waals surface area contributed by atoms with Gasteiger partial charge in [0, 0.05) is 46.6 Å². The predicted molar refractivity (Wildman–Crippen MR) is 274 cm³/mol. The maximum absolute atomic E-state index is 10.2. The molecule has 0 aromatic heterocycles. The van der Waals surface area contributed by atoms with Gasteiger partial charge in [0.25, 0.3) is 0 Å². The van der Waals surface area contributed by atoms with Crippen molar-refractivity contribution in [1.82, 2.24) is 0 Å². The van der Waals surface area contributed by atoms with Crippen LogP contribution < -0.4 is 59.1 Å². The van der Waals surface area contributed by atoms with Crippen molar-refractivity contribution in [2.45, 2.75) is 0 Å². The Hall–Kier alpha value is -6.27. The molecule has 6 aromatic rings. The molecule has 0 spiro atoms. The van der Waals surface area contributed by atoms with Gasteiger partial charge in [0.05, 0.1) is 78.5 Å². The maximum atomic E-state index is 10.2. The van der Waals surface area contributed by atoms with Crippen molar-refractivity contribution in [1.29, 1.82) is 0 Å². The number of carboxylic acid groups (broad SMARTS) is 6. The number of hydrogen-bond donors (Lipinski definition) is 0. The molecule has 22 nitrogen and oxygen atoms in total. The van der Waals surface area contributed by atoms with E-state index in [9.17, 15) is 67.8 Å². The van der Waals surface area contributed by atoms with E-state index in [4.69, 9.17) is 28.4 Å². The second-order valence-electron chi connectivity index (χ2n) is 13.6. The molecule has 6 aromatic carbocycles. The Balaban J connectivity index is -0.000000192. The van der Waals surface area contributed by atoms with Crippen LogP contribution in [0.5, 0.6) is 34.5 Å². The summed E-state index contributed by atoms with van der Waals surface area (Å²) in [6.07, 6.45) is 6.56. The first-order valence-corrected chi connectivity index (χ1v) is 24.5. The van der Waals surface area contributed by atoms with Gasteiger partial charge in [0.1, 0.15) is 34.5 Å². The summed E-state index contributed by atoms with van der Waals surface area (Å²) >= 11 is 0. The Bertz CT molecular complexity index is 2170. The van der Waals surface area contributed by atoms with E-state index < -0.39 is 57.4 Å². The summed E-state index contributed by atoms with van der Waals surface area (Å²) in [4.78, 5) is 61.5.